The van der Waals surface area contributed by atoms with Gasteiger partial charge in [0.2, 0.25) is 0 Å². The topological polar surface area (TPSA) is 63.3 Å². The van der Waals surface area contributed by atoms with Gasteiger partial charge in [0.1, 0.15) is 0 Å². The molecule has 0 aliphatic carbocycles. The van der Waals surface area contributed by atoms with E-state index in [4.69, 9.17) is 5.73 Å². The zero-order valence-electron chi connectivity index (χ0n) is 11.7. The molecule has 1 rings (SSSR count). The molecule has 0 fully saturated rings. The van der Waals surface area contributed by atoms with Crippen LogP contribution >= 0.6 is 0 Å². The summed E-state index contributed by atoms with van der Waals surface area (Å²) in [5, 5.41) is 9.47. The van der Waals surface area contributed by atoms with Gasteiger partial charge in [-0.15, -0.1) is 0 Å². The van der Waals surface area contributed by atoms with Crippen molar-refractivity contribution >= 4 is 11.7 Å². The molecule has 100 valence electrons. The summed E-state index contributed by atoms with van der Waals surface area (Å²) in [7, 11) is 0. The Bertz CT molecular complexity index is 440. The van der Waals surface area contributed by atoms with Crippen molar-refractivity contribution in [2.75, 3.05) is 5.73 Å². The SMILES string of the molecule is CCCC(C)C(C(=O)O)c1cc(C)cc(C)c1N. The van der Waals surface area contributed by atoms with E-state index in [0.29, 0.717) is 5.69 Å². The molecule has 1 aromatic carbocycles. The van der Waals surface area contributed by atoms with Gasteiger partial charge in [-0.05, 0) is 37.3 Å². The fraction of sp³-hybridized carbons (Fsp3) is 0.533. The van der Waals surface area contributed by atoms with Crippen LogP contribution in [0.4, 0.5) is 5.69 Å². The average molecular weight is 249 g/mol. The predicted octanol–water partition coefficient (Wildman–Crippen LogP) is 3.49. The van der Waals surface area contributed by atoms with Gasteiger partial charge in [0, 0.05) is 5.69 Å². The Labute approximate surface area is 109 Å². The Morgan fingerprint density at radius 1 is 1.39 bits per heavy atom. The summed E-state index contributed by atoms with van der Waals surface area (Å²) in [6.45, 7) is 7.95. The largest absolute Gasteiger partial charge is 0.481 e. The number of hydrogen-bond acceptors (Lipinski definition) is 2. The number of carboxylic acids is 1. The molecule has 18 heavy (non-hydrogen) atoms. The van der Waals surface area contributed by atoms with E-state index >= 15 is 0 Å². The van der Waals surface area contributed by atoms with Crippen molar-refractivity contribution in [3.8, 4) is 0 Å². The first-order valence-corrected chi connectivity index (χ1v) is 6.47. The highest BCUT2D eigenvalue weighted by molar-refractivity contribution is 5.79. The molecule has 0 saturated heterocycles. The molecular weight excluding hydrogens is 226 g/mol. The van der Waals surface area contributed by atoms with Crippen molar-refractivity contribution in [3.05, 3.63) is 28.8 Å². The third kappa shape index (κ3) is 3.03. The lowest BCUT2D eigenvalue weighted by atomic mass is 9.82. The Morgan fingerprint density at radius 2 is 2.00 bits per heavy atom. The maximum absolute atomic E-state index is 11.5. The number of anilines is 1. The Hall–Kier alpha value is -1.51. The highest BCUT2D eigenvalue weighted by Crippen LogP contribution is 2.34. The molecule has 0 bridgehead atoms. The Balaban J connectivity index is 3.25. The highest BCUT2D eigenvalue weighted by atomic mass is 16.4. The van der Waals surface area contributed by atoms with Crippen molar-refractivity contribution in [1.29, 1.82) is 0 Å². The second kappa shape index (κ2) is 5.89. The van der Waals surface area contributed by atoms with Crippen LogP contribution in [-0.2, 0) is 4.79 Å². The van der Waals surface area contributed by atoms with Crippen molar-refractivity contribution in [3.63, 3.8) is 0 Å². The van der Waals surface area contributed by atoms with Gasteiger partial charge < -0.3 is 10.8 Å². The van der Waals surface area contributed by atoms with Gasteiger partial charge >= 0.3 is 5.97 Å². The van der Waals surface area contributed by atoms with Crippen molar-refractivity contribution < 1.29 is 9.90 Å². The molecule has 0 aliphatic heterocycles. The van der Waals surface area contributed by atoms with Crippen molar-refractivity contribution in [2.24, 2.45) is 5.92 Å². The summed E-state index contributed by atoms with van der Waals surface area (Å²) in [5.74, 6) is -1.20. The monoisotopic (exact) mass is 249 g/mol. The molecule has 0 heterocycles. The van der Waals surface area contributed by atoms with Gasteiger partial charge in [-0.2, -0.15) is 0 Å². The molecule has 3 nitrogen and oxygen atoms in total. The lowest BCUT2D eigenvalue weighted by molar-refractivity contribution is -0.140. The van der Waals surface area contributed by atoms with Crippen LogP contribution in [0.5, 0.6) is 0 Å². The highest BCUT2D eigenvalue weighted by Gasteiger charge is 2.28. The number of aliphatic carboxylic acids is 1. The molecule has 3 heteroatoms. The fourth-order valence-corrected chi connectivity index (χ4v) is 2.57. The van der Waals surface area contributed by atoms with Crippen LogP contribution in [0.2, 0.25) is 0 Å². The van der Waals surface area contributed by atoms with Gasteiger partial charge in [0.05, 0.1) is 5.92 Å². The predicted molar refractivity (Wildman–Crippen MR) is 74.8 cm³/mol. The summed E-state index contributed by atoms with van der Waals surface area (Å²) in [4.78, 5) is 11.5. The molecular formula is C15H23NO2. The van der Waals surface area contributed by atoms with E-state index < -0.39 is 11.9 Å². The molecule has 0 aromatic heterocycles. The first-order chi connectivity index (χ1) is 8.38. The van der Waals surface area contributed by atoms with E-state index in [1.807, 2.05) is 32.9 Å². The lowest BCUT2D eigenvalue weighted by Gasteiger charge is -2.23. The number of aryl methyl sites for hydroxylation is 2. The van der Waals surface area contributed by atoms with Crippen molar-refractivity contribution in [2.45, 2.75) is 46.5 Å². The molecule has 2 unspecified atom stereocenters. The normalized spacial score (nSPS) is 14.2. The van der Waals surface area contributed by atoms with Crippen LogP contribution in [0.15, 0.2) is 12.1 Å². The van der Waals surface area contributed by atoms with Gasteiger partial charge in [-0.1, -0.05) is 38.0 Å². The summed E-state index contributed by atoms with van der Waals surface area (Å²) < 4.78 is 0. The molecule has 3 N–H and O–H groups in total. The van der Waals surface area contributed by atoms with E-state index in [2.05, 4.69) is 6.92 Å². The number of benzene rings is 1. The van der Waals surface area contributed by atoms with E-state index in [1.54, 1.807) is 0 Å². The molecule has 0 spiro atoms. The number of carboxylic acid groups (broad SMARTS) is 1. The minimum atomic E-state index is -0.785. The summed E-state index contributed by atoms with van der Waals surface area (Å²) in [5.41, 5.74) is 9.47. The van der Waals surface area contributed by atoms with Crippen molar-refractivity contribution in [1.82, 2.24) is 0 Å². The molecule has 0 amide bonds. The van der Waals surface area contributed by atoms with Crippen LogP contribution in [0.3, 0.4) is 0 Å². The van der Waals surface area contributed by atoms with Crippen LogP contribution in [0, 0.1) is 19.8 Å². The Kier molecular flexibility index (Phi) is 4.76. The fourth-order valence-electron chi connectivity index (χ4n) is 2.57. The zero-order valence-corrected chi connectivity index (χ0v) is 11.7. The first-order valence-electron chi connectivity index (χ1n) is 6.47. The lowest BCUT2D eigenvalue weighted by Crippen LogP contribution is -2.21. The zero-order chi connectivity index (χ0) is 13.9. The minimum absolute atomic E-state index is 0.0935. The number of nitrogen functional groups attached to an aromatic ring is 1. The molecule has 2 atom stereocenters. The number of nitrogens with two attached hydrogens (primary N) is 1. The maximum Gasteiger partial charge on any atom is 0.311 e. The first kappa shape index (κ1) is 14.6. The summed E-state index contributed by atoms with van der Waals surface area (Å²) in [6.07, 6.45) is 1.87. The van der Waals surface area contributed by atoms with Crippen LogP contribution in [0.25, 0.3) is 0 Å². The Morgan fingerprint density at radius 3 is 2.50 bits per heavy atom. The number of hydrogen-bond donors (Lipinski definition) is 2. The standard InChI is InChI=1S/C15H23NO2/c1-5-6-10(3)13(15(17)18)12-8-9(2)7-11(4)14(12)16/h7-8,10,13H,5-6,16H2,1-4H3,(H,17,18). The molecule has 1 aromatic rings. The number of rotatable bonds is 5. The maximum atomic E-state index is 11.5. The van der Waals surface area contributed by atoms with Gasteiger partial charge in [0.15, 0.2) is 0 Å². The molecule has 0 aliphatic rings. The summed E-state index contributed by atoms with van der Waals surface area (Å²) in [6, 6.07) is 3.90. The van der Waals surface area contributed by atoms with Crippen LogP contribution in [-0.4, -0.2) is 11.1 Å². The van der Waals surface area contributed by atoms with Crippen LogP contribution in [0.1, 0.15) is 49.3 Å². The van der Waals surface area contributed by atoms with Gasteiger partial charge in [-0.25, -0.2) is 0 Å². The van der Waals surface area contributed by atoms with Gasteiger partial charge in [0.25, 0.3) is 0 Å². The van der Waals surface area contributed by atoms with E-state index in [0.717, 1.165) is 29.5 Å². The average Bonchev–Trinajstić information content (AvgIpc) is 2.25. The third-order valence-electron chi connectivity index (χ3n) is 3.48. The van der Waals surface area contributed by atoms with E-state index in [1.165, 1.54) is 0 Å². The quantitative estimate of drug-likeness (QED) is 0.785. The molecule has 0 radical (unpaired) electrons. The molecule has 0 saturated carbocycles. The minimum Gasteiger partial charge on any atom is -0.481 e. The second-order valence-electron chi connectivity index (χ2n) is 5.17. The van der Waals surface area contributed by atoms with Gasteiger partial charge in [-0.3, -0.25) is 4.79 Å². The second-order valence-corrected chi connectivity index (χ2v) is 5.17. The smallest absolute Gasteiger partial charge is 0.311 e. The number of carbonyl (C=O) groups is 1. The third-order valence-corrected chi connectivity index (χ3v) is 3.48. The van der Waals surface area contributed by atoms with E-state index in [-0.39, 0.29) is 5.92 Å². The summed E-state index contributed by atoms with van der Waals surface area (Å²) >= 11 is 0. The van der Waals surface area contributed by atoms with E-state index in [9.17, 15) is 9.90 Å². The van der Waals surface area contributed by atoms with Crippen LogP contribution < -0.4 is 5.73 Å².